The van der Waals surface area contributed by atoms with Gasteiger partial charge in [0.05, 0.1) is 10.6 Å². The Balaban J connectivity index is 1.83. The lowest BCUT2D eigenvalue weighted by atomic mass is 10.1. The van der Waals surface area contributed by atoms with Crippen molar-refractivity contribution in [1.29, 1.82) is 0 Å². The largest absolute Gasteiger partial charge is 0.337 e. The average molecular weight is 427 g/mol. The van der Waals surface area contributed by atoms with Crippen LogP contribution in [0.4, 0.5) is 10.1 Å². The molecule has 0 radical (unpaired) electrons. The normalized spacial score (nSPS) is 11.2. The maximum absolute atomic E-state index is 13.1. The highest BCUT2D eigenvalue weighted by molar-refractivity contribution is 7.92. The van der Waals surface area contributed by atoms with Gasteiger partial charge in [0, 0.05) is 26.2 Å². The summed E-state index contributed by atoms with van der Waals surface area (Å²) in [4.78, 5) is 14.3. The average Bonchev–Trinajstić information content (AvgIpc) is 2.74. The number of sulfonamides is 1. The van der Waals surface area contributed by atoms with E-state index in [1.54, 1.807) is 49.5 Å². The third-order valence-electron chi connectivity index (χ3n) is 4.78. The number of hydrogen-bond donors (Lipinski definition) is 0. The van der Waals surface area contributed by atoms with Gasteiger partial charge in [0.25, 0.3) is 15.9 Å². The predicted molar refractivity (Wildman–Crippen MR) is 115 cm³/mol. The van der Waals surface area contributed by atoms with E-state index >= 15 is 0 Å². The predicted octanol–water partition coefficient (Wildman–Crippen LogP) is 4.23. The zero-order chi connectivity index (χ0) is 21.9. The first-order valence-electron chi connectivity index (χ1n) is 9.34. The van der Waals surface area contributed by atoms with Gasteiger partial charge in [-0.15, -0.1) is 0 Å². The van der Waals surface area contributed by atoms with E-state index in [1.807, 2.05) is 13.0 Å². The molecule has 0 fully saturated rings. The lowest BCUT2D eigenvalue weighted by molar-refractivity contribution is 0.0785. The summed E-state index contributed by atoms with van der Waals surface area (Å²) < 4.78 is 40.4. The van der Waals surface area contributed by atoms with Crippen molar-refractivity contribution < 1.29 is 17.6 Å². The van der Waals surface area contributed by atoms with Crippen molar-refractivity contribution in [2.75, 3.05) is 18.4 Å². The van der Waals surface area contributed by atoms with E-state index in [-0.39, 0.29) is 28.7 Å². The molecule has 3 aromatic rings. The van der Waals surface area contributed by atoms with E-state index in [9.17, 15) is 17.6 Å². The van der Waals surface area contributed by atoms with Crippen molar-refractivity contribution >= 4 is 21.6 Å². The molecule has 30 heavy (non-hydrogen) atoms. The molecule has 7 heteroatoms. The molecule has 156 valence electrons. The summed E-state index contributed by atoms with van der Waals surface area (Å²) in [6.07, 6.45) is 0. The Morgan fingerprint density at radius 3 is 2.27 bits per heavy atom. The number of benzene rings is 3. The third kappa shape index (κ3) is 4.68. The highest BCUT2D eigenvalue weighted by Gasteiger charge is 2.23. The first-order chi connectivity index (χ1) is 14.2. The summed E-state index contributed by atoms with van der Waals surface area (Å²) in [6, 6.07) is 19.0. The molecular weight excluding hydrogens is 403 g/mol. The Kier molecular flexibility index (Phi) is 6.22. The van der Waals surface area contributed by atoms with Crippen LogP contribution in [0.5, 0.6) is 0 Å². The van der Waals surface area contributed by atoms with E-state index in [0.717, 1.165) is 11.1 Å². The molecule has 0 aromatic heterocycles. The molecule has 0 saturated heterocycles. The Labute approximate surface area is 176 Å². The maximum atomic E-state index is 13.1. The summed E-state index contributed by atoms with van der Waals surface area (Å²) >= 11 is 0. The van der Waals surface area contributed by atoms with Crippen LogP contribution in [0.3, 0.4) is 0 Å². The minimum absolute atomic E-state index is 0.0348. The Morgan fingerprint density at radius 2 is 1.60 bits per heavy atom. The molecule has 0 spiro atoms. The highest BCUT2D eigenvalue weighted by Crippen LogP contribution is 2.24. The summed E-state index contributed by atoms with van der Waals surface area (Å²) in [5, 5.41) is 0. The standard InChI is InChI=1S/C23H23FN2O3S/c1-17-6-4-8-21(14-17)26(3)30(28,29)22-9-5-7-19(15-22)23(27)25(2)16-18-10-12-20(24)13-11-18/h4-15H,16H2,1-3H3. The Hall–Kier alpha value is -3.19. The molecule has 3 aromatic carbocycles. The molecule has 0 unspecified atom stereocenters. The number of nitrogens with zero attached hydrogens (tertiary/aromatic N) is 2. The zero-order valence-corrected chi connectivity index (χ0v) is 17.9. The number of carbonyl (C=O) groups excluding carboxylic acids is 1. The van der Waals surface area contributed by atoms with Gasteiger partial charge in [-0.2, -0.15) is 0 Å². The van der Waals surface area contributed by atoms with Crippen molar-refractivity contribution in [2.45, 2.75) is 18.4 Å². The Morgan fingerprint density at radius 1 is 0.933 bits per heavy atom. The molecule has 0 heterocycles. The van der Waals surface area contributed by atoms with Crippen molar-refractivity contribution in [1.82, 2.24) is 4.90 Å². The van der Waals surface area contributed by atoms with Crippen LogP contribution < -0.4 is 4.31 Å². The van der Waals surface area contributed by atoms with E-state index in [1.165, 1.54) is 40.5 Å². The number of aryl methyl sites for hydroxylation is 1. The summed E-state index contributed by atoms with van der Waals surface area (Å²) in [5.74, 6) is -0.669. The summed E-state index contributed by atoms with van der Waals surface area (Å²) in [5.41, 5.74) is 2.52. The maximum Gasteiger partial charge on any atom is 0.264 e. The van der Waals surface area contributed by atoms with Gasteiger partial charge in [-0.05, 0) is 60.5 Å². The van der Waals surface area contributed by atoms with Crippen LogP contribution in [0.25, 0.3) is 0 Å². The smallest absolute Gasteiger partial charge is 0.264 e. The quantitative estimate of drug-likeness (QED) is 0.593. The van der Waals surface area contributed by atoms with Gasteiger partial charge < -0.3 is 4.90 Å². The van der Waals surface area contributed by atoms with Crippen LogP contribution in [0.15, 0.2) is 77.7 Å². The zero-order valence-electron chi connectivity index (χ0n) is 17.0. The second kappa shape index (κ2) is 8.67. The van der Waals surface area contributed by atoms with Crippen LogP contribution >= 0.6 is 0 Å². The van der Waals surface area contributed by atoms with E-state index < -0.39 is 10.0 Å². The molecule has 0 aliphatic rings. The molecule has 0 saturated carbocycles. The number of rotatable bonds is 6. The van der Waals surface area contributed by atoms with E-state index in [0.29, 0.717) is 5.69 Å². The molecule has 3 rings (SSSR count). The number of amides is 1. The van der Waals surface area contributed by atoms with Crippen LogP contribution in [0.2, 0.25) is 0 Å². The number of halogens is 1. The van der Waals surface area contributed by atoms with Crippen LogP contribution in [-0.2, 0) is 16.6 Å². The minimum atomic E-state index is -3.83. The molecule has 5 nitrogen and oxygen atoms in total. The van der Waals surface area contributed by atoms with Crippen LogP contribution in [0, 0.1) is 12.7 Å². The third-order valence-corrected chi connectivity index (χ3v) is 6.57. The molecule has 1 amide bonds. The van der Waals surface area contributed by atoms with Crippen molar-refractivity contribution in [3.63, 3.8) is 0 Å². The van der Waals surface area contributed by atoms with Gasteiger partial charge in [-0.3, -0.25) is 9.10 Å². The first-order valence-corrected chi connectivity index (χ1v) is 10.8. The number of anilines is 1. The lowest BCUT2D eigenvalue weighted by Crippen LogP contribution is -2.28. The van der Waals surface area contributed by atoms with Gasteiger partial charge in [0.1, 0.15) is 5.82 Å². The molecule has 0 aliphatic heterocycles. The second-order valence-electron chi connectivity index (χ2n) is 7.13. The van der Waals surface area contributed by atoms with Crippen LogP contribution in [-0.4, -0.2) is 33.3 Å². The molecule has 0 aliphatic carbocycles. The highest BCUT2D eigenvalue weighted by atomic mass is 32.2. The molecule has 0 atom stereocenters. The fourth-order valence-electron chi connectivity index (χ4n) is 3.07. The van der Waals surface area contributed by atoms with Gasteiger partial charge in [-0.1, -0.05) is 30.3 Å². The first kappa shape index (κ1) is 21.5. The van der Waals surface area contributed by atoms with Crippen molar-refractivity contribution in [2.24, 2.45) is 0 Å². The molecule has 0 bridgehead atoms. The van der Waals surface area contributed by atoms with Gasteiger partial charge in [-0.25, -0.2) is 12.8 Å². The van der Waals surface area contributed by atoms with Gasteiger partial charge in [0.15, 0.2) is 0 Å². The van der Waals surface area contributed by atoms with Gasteiger partial charge >= 0.3 is 0 Å². The van der Waals surface area contributed by atoms with Crippen LogP contribution in [0.1, 0.15) is 21.5 Å². The summed E-state index contributed by atoms with van der Waals surface area (Å²) in [6.45, 7) is 2.17. The van der Waals surface area contributed by atoms with Gasteiger partial charge in [0.2, 0.25) is 0 Å². The topological polar surface area (TPSA) is 57.7 Å². The second-order valence-corrected chi connectivity index (χ2v) is 9.10. The fourth-order valence-corrected chi connectivity index (χ4v) is 4.30. The minimum Gasteiger partial charge on any atom is -0.337 e. The Bertz CT molecular complexity index is 1160. The number of carbonyl (C=O) groups is 1. The monoisotopic (exact) mass is 426 g/mol. The van der Waals surface area contributed by atoms with Crippen molar-refractivity contribution in [3.05, 3.63) is 95.3 Å². The van der Waals surface area contributed by atoms with E-state index in [2.05, 4.69) is 0 Å². The summed E-state index contributed by atoms with van der Waals surface area (Å²) in [7, 11) is -0.731. The molecular formula is C23H23FN2O3S. The lowest BCUT2D eigenvalue weighted by Gasteiger charge is -2.21. The fraction of sp³-hybridized carbons (Fsp3) is 0.174. The number of hydrogen-bond acceptors (Lipinski definition) is 3. The van der Waals surface area contributed by atoms with E-state index in [4.69, 9.17) is 0 Å². The van der Waals surface area contributed by atoms with Crippen molar-refractivity contribution in [3.8, 4) is 0 Å². The molecule has 0 N–H and O–H groups in total. The SMILES string of the molecule is Cc1cccc(N(C)S(=O)(=O)c2cccc(C(=O)N(C)Cc3ccc(F)cc3)c2)c1.